The molecular formula is C42H81NO3. The molecule has 1 amide bonds. The number of aliphatic hydroxyl groups excluding tert-OH is 2. The van der Waals surface area contributed by atoms with Gasteiger partial charge in [-0.1, -0.05) is 205 Å². The Morgan fingerprint density at radius 3 is 1.26 bits per heavy atom. The lowest BCUT2D eigenvalue weighted by atomic mass is 10.0. The molecule has 272 valence electrons. The van der Waals surface area contributed by atoms with Crippen molar-refractivity contribution in [3.63, 3.8) is 0 Å². The predicted octanol–water partition coefficient (Wildman–Crippen LogP) is 12.5. The molecular weight excluding hydrogens is 566 g/mol. The van der Waals surface area contributed by atoms with Gasteiger partial charge in [-0.05, 0) is 32.1 Å². The van der Waals surface area contributed by atoms with Crippen molar-refractivity contribution in [3.05, 3.63) is 24.3 Å². The Bertz CT molecular complexity index is 661. The van der Waals surface area contributed by atoms with Crippen molar-refractivity contribution in [2.45, 2.75) is 231 Å². The number of hydrogen-bond donors (Lipinski definition) is 3. The second-order valence-corrected chi connectivity index (χ2v) is 14.1. The fraction of sp³-hybridized carbons (Fsp3) is 0.881. The SMILES string of the molecule is CCCCCC/C=C/CC/C=C/C(O)C(CO)NC(=O)CCCCCCCCCCCCCCCCCCCCCCCCCC. The predicted molar refractivity (Wildman–Crippen MR) is 202 cm³/mol. The highest BCUT2D eigenvalue weighted by molar-refractivity contribution is 5.76. The molecule has 0 aromatic heterocycles. The summed E-state index contributed by atoms with van der Waals surface area (Å²) in [5, 5.41) is 22.8. The molecule has 0 aliphatic rings. The summed E-state index contributed by atoms with van der Waals surface area (Å²) in [6.07, 6.45) is 48.6. The van der Waals surface area contributed by atoms with Gasteiger partial charge in [-0.15, -0.1) is 0 Å². The number of carbonyl (C=O) groups excluding carboxylic acids is 1. The lowest BCUT2D eigenvalue weighted by Crippen LogP contribution is -2.45. The highest BCUT2D eigenvalue weighted by Crippen LogP contribution is 2.16. The first-order chi connectivity index (χ1) is 22.7. The lowest BCUT2D eigenvalue weighted by molar-refractivity contribution is -0.123. The summed E-state index contributed by atoms with van der Waals surface area (Å²) in [6.45, 7) is 4.27. The maximum absolute atomic E-state index is 12.3. The number of unbranched alkanes of at least 4 members (excludes halogenated alkanes) is 28. The standard InChI is InChI=1S/C42H81NO3/c1-3-5-7-9-11-13-15-16-17-18-19-20-21-22-23-24-25-26-27-28-30-32-34-36-38-42(46)43-40(39-44)41(45)37-35-33-31-29-14-12-10-8-6-4-2/h14,29,35,37,40-41,44-45H,3-13,15-28,30-34,36,38-39H2,1-2H3,(H,43,46)/b29-14+,37-35+. The maximum atomic E-state index is 12.3. The normalized spacial score (nSPS) is 13.2. The van der Waals surface area contributed by atoms with Crippen molar-refractivity contribution in [3.8, 4) is 0 Å². The van der Waals surface area contributed by atoms with E-state index in [2.05, 4.69) is 31.3 Å². The maximum Gasteiger partial charge on any atom is 0.220 e. The summed E-state index contributed by atoms with van der Waals surface area (Å²) in [7, 11) is 0. The molecule has 0 spiro atoms. The van der Waals surface area contributed by atoms with Crippen molar-refractivity contribution < 1.29 is 15.0 Å². The minimum Gasteiger partial charge on any atom is -0.394 e. The second kappa shape index (κ2) is 38.3. The quantitative estimate of drug-likeness (QED) is 0.0464. The first kappa shape index (κ1) is 44.9. The molecule has 0 heterocycles. The van der Waals surface area contributed by atoms with Crippen LogP contribution in [-0.4, -0.2) is 34.9 Å². The largest absolute Gasteiger partial charge is 0.394 e. The van der Waals surface area contributed by atoms with Gasteiger partial charge in [-0.25, -0.2) is 0 Å². The minimum atomic E-state index is -0.855. The fourth-order valence-corrected chi connectivity index (χ4v) is 6.25. The van der Waals surface area contributed by atoms with E-state index in [1.807, 2.05) is 6.08 Å². The molecule has 4 heteroatoms. The topological polar surface area (TPSA) is 69.6 Å². The molecule has 4 nitrogen and oxygen atoms in total. The highest BCUT2D eigenvalue weighted by atomic mass is 16.3. The number of carbonyl (C=O) groups is 1. The van der Waals surface area contributed by atoms with Gasteiger partial charge in [0.2, 0.25) is 5.91 Å². The molecule has 46 heavy (non-hydrogen) atoms. The van der Waals surface area contributed by atoms with E-state index in [1.54, 1.807) is 6.08 Å². The average molecular weight is 648 g/mol. The van der Waals surface area contributed by atoms with Crippen LogP contribution < -0.4 is 5.32 Å². The van der Waals surface area contributed by atoms with Gasteiger partial charge in [0.25, 0.3) is 0 Å². The van der Waals surface area contributed by atoms with Gasteiger partial charge in [0, 0.05) is 6.42 Å². The highest BCUT2D eigenvalue weighted by Gasteiger charge is 2.17. The number of amides is 1. The van der Waals surface area contributed by atoms with Gasteiger partial charge in [-0.2, -0.15) is 0 Å². The molecule has 2 unspecified atom stereocenters. The molecule has 0 bridgehead atoms. The van der Waals surface area contributed by atoms with Gasteiger partial charge in [0.1, 0.15) is 0 Å². The number of allylic oxidation sites excluding steroid dienone is 3. The molecule has 0 fully saturated rings. The van der Waals surface area contributed by atoms with Gasteiger partial charge in [-0.3, -0.25) is 4.79 Å². The van der Waals surface area contributed by atoms with Crippen LogP contribution in [0.3, 0.4) is 0 Å². The van der Waals surface area contributed by atoms with Gasteiger partial charge >= 0.3 is 0 Å². The van der Waals surface area contributed by atoms with Crippen LogP contribution in [0.2, 0.25) is 0 Å². The van der Waals surface area contributed by atoms with Crippen molar-refractivity contribution in [1.29, 1.82) is 0 Å². The van der Waals surface area contributed by atoms with Gasteiger partial charge in [0.05, 0.1) is 18.8 Å². The van der Waals surface area contributed by atoms with Crippen molar-refractivity contribution >= 4 is 5.91 Å². The average Bonchev–Trinajstić information content (AvgIpc) is 3.06. The van der Waals surface area contributed by atoms with E-state index in [4.69, 9.17) is 0 Å². The molecule has 0 rings (SSSR count). The van der Waals surface area contributed by atoms with E-state index in [-0.39, 0.29) is 12.5 Å². The molecule has 2 atom stereocenters. The van der Waals surface area contributed by atoms with Crippen LogP contribution in [0.25, 0.3) is 0 Å². The van der Waals surface area contributed by atoms with Crippen molar-refractivity contribution in [1.82, 2.24) is 5.32 Å². The Morgan fingerprint density at radius 2 is 0.848 bits per heavy atom. The first-order valence-electron chi connectivity index (χ1n) is 20.6. The van der Waals surface area contributed by atoms with E-state index in [9.17, 15) is 15.0 Å². The zero-order chi connectivity index (χ0) is 33.6. The molecule has 0 aromatic rings. The van der Waals surface area contributed by atoms with Crippen molar-refractivity contribution in [2.24, 2.45) is 0 Å². The Hall–Kier alpha value is -1.13. The van der Waals surface area contributed by atoms with Gasteiger partial charge in [0.15, 0.2) is 0 Å². The number of rotatable bonds is 37. The minimum absolute atomic E-state index is 0.0729. The first-order valence-corrected chi connectivity index (χ1v) is 20.6. The number of nitrogens with one attached hydrogen (secondary N) is 1. The van der Waals surface area contributed by atoms with Crippen molar-refractivity contribution in [2.75, 3.05) is 6.61 Å². The summed E-state index contributed by atoms with van der Waals surface area (Å²) in [5.41, 5.74) is 0. The van der Waals surface area contributed by atoms with E-state index < -0.39 is 12.1 Å². The zero-order valence-electron chi connectivity index (χ0n) is 31.1. The van der Waals surface area contributed by atoms with Crippen LogP contribution in [-0.2, 0) is 4.79 Å². The van der Waals surface area contributed by atoms with Crippen LogP contribution >= 0.6 is 0 Å². The van der Waals surface area contributed by atoms with Crippen LogP contribution in [0.1, 0.15) is 219 Å². The monoisotopic (exact) mass is 648 g/mol. The molecule has 0 aliphatic heterocycles. The summed E-state index contributed by atoms with van der Waals surface area (Å²) in [4.78, 5) is 12.3. The third-order valence-corrected chi connectivity index (χ3v) is 9.44. The summed E-state index contributed by atoms with van der Waals surface area (Å²) >= 11 is 0. The Labute approximate surface area is 288 Å². The summed E-state index contributed by atoms with van der Waals surface area (Å²) < 4.78 is 0. The summed E-state index contributed by atoms with van der Waals surface area (Å²) in [5.74, 6) is -0.0729. The van der Waals surface area contributed by atoms with E-state index in [0.717, 1.165) is 32.1 Å². The van der Waals surface area contributed by atoms with Crippen LogP contribution in [0.5, 0.6) is 0 Å². The number of hydrogen-bond acceptors (Lipinski definition) is 3. The molecule has 0 radical (unpaired) electrons. The zero-order valence-corrected chi connectivity index (χ0v) is 31.1. The molecule has 0 saturated heterocycles. The van der Waals surface area contributed by atoms with E-state index in [0.29, 0.717) is 6.42 Å². The third kappa shape index (κ3) is 34.2. The number of aliphatic hydroxyl groups is 2. The smallest absolute Gasteiger partial charge is 0.220 e. The Kier molecular flexibility index (Phi) is 37.4. The summed E-state index contributed by atoms with van der Waals surface area (Å²) in [6, 6.07) is -0.632. The van der Waals surface area contributed by atoms with E-state index in [1.165, 1.54) is 167 Å². The van der Waals surface area contributed by atoms with Crippen LogP contribution in [0, 0.1) is 0 Å². The molecule has 0 saturated carbocycles. The second-order valence-electron chi connectivity index (χ2n) is 14.1. The van der Waals surface area contributed by atoms with E-state index >= 15 is 0 Å². The van der Waals surface area contributed by atoms with Crippen LogP contribution in [0.4, 0.5) is 0 Å². The Morgan fingerprint density at radius 1 is 0.500 bits per heavy atom. The van der Waals surface area contributed by atoms with Gasteiger partial charge < -0.3 is 15.5 Å². The molecule has 0 aliphatic carbocycles. The molecule has 0 aromatic carbocycles. The third-order valence-electron chi connectivity index (χ3n) is 9.44. The van der Waals surface area contributed by atoms with Crippen LogP contribution in [0.15, 0.2) is 24.3 Å². The fourth-order valence-electron chi connectivity index (χ4n) is 6.25. The Balaban J connectivity index is 3.48. The lowest BCUT2D eigenvalue weighted by Gasteiger charge is -2.19. The molecule has 3 N–H and O–H groups in total.